The average Bonchev–Trinajstić information content (AvgIpc) is 3.24. The fourth-order valence-corrected chi connectivity index (χ4v) is 4.68. The standard InChI is InChI=1S/C18H29N5O2/c1-22-10-11-23(13-18(22)7-6-16(24)19-9-8-18)12-15-20-17(25-21-15)14-4-2-3-5-14/h14H,2-13H2,1H3,(H,19,24). The number of nitrogens with zero attached hydrogens (tertiary/aromatic N) is 4. The summed E-state index contributed by atoms with van der Waals surface area (Å²) in [6, 6.07) is 0. The average molecular weight is 347 g/mol. The molecule has 1 atom stereocenters. The molecule has 1 aromatic heterocycles. The third-order valence-corrected chi connectivity index (χ3v) is 6.36. The van der Waals surface area contributed by atoms with Crippen molar-refractivity contribution in [3.05, 3.63) is 11.7 Å². The van der Waals surface area contributed by atoms with Gasteiger partial charge in [0.2, 0.25) is 11.8 Å². The molecule has 0 bridgehead atoms. The van der Waals surface area contributed by atoms with Gasteiger partial charge in [-0.1, -0.05) is 18.0 Å². The van der Waals surface area contributed by atoms with Crippen molar-refractivity contribution >= 4 is 5.91 Å². The minimum absolute atomic E-state index is 0.0788. The Hall–Kier alpha value is -1.47. The number of carbonyl (C=O) groups excluding carboxylic acids is 1. The first-order valence-corrected chi connectivity index (χ1v) is 9.67. The molecule has 25 heavy (non-hydrogen) atoms. The molecule has 7 heteroatoms. The number of likely N-dealkylation sites (N-methyl/N-ethyl adjacent to an activating group) is 1. The zero-order chi connectivity index (χ0) is 17.3. The minimum atomic E-state index is 0.0788. The molecule has 1 saturated carbocycles. The predicted octanol–water partition coefficient (Wildman–Crippen LogP) is 1.51. The zero-order valence-corrected chi connectivity index (χ0v) is 15.2. The number of carbonyl (C=O) groups is 1. The molecule has 1 aromatic rings. The van der Waals surface area contributed by atoms with Crippen molar-refractivity contribution in [2.75, 3.05) is 33.2 Å². The van der Waals surface area contributed by atoms with Crippen molar-refractivity contribution in [2.24, 2.45) is 0 Å². The van der Waals surface area contributed by atoms with Crippen LogP contribution < -0.4 is 5.32 Å². The van der Waals surface area contributed by atoms with Crippen LogP contribution in [0.15, 0.2) is 4.52 Å². The van der Waals surface area contributed by atoms with Gasteiger partial charge in [-0.25, -0.2) is 0 Å². The van der Waals surface area contributed by atoms with Gasteiger partial charge in [-0.15, -0.1) is 0 Å². The lowest BCUT2D eigenvalue weighted by Gasteiger charge is -2.49. The summed E-state index contributed by atoms with van der Waals surface area (Å²) < 4.78 is 5.53. The molecule has 138 valence electrons. The molecule has 1 unspecified atom stereocenters. The van der Waals surface area contributed by atoms with E-state index in [9.17, 15) is 4.79 Å². The van der Waals surface area contributed by atoms with Gasteiger partial charge >= 0.3 is 0 Å². The minimum Gasteiger partial charge on any atom is -0.356 e. The van der Waals surface area contributed by atoms with E-state index in [2.05, 4.69) is 32.3 Å². The van der Waals surface area contributed by atoms with Crippen LogP contribution in [0.1, 0.15) is 62.6 Å². The zero-order valence-electron chi connectivity index (χ0n) is 15.2. The first-order chi connectivity index (χ1) is 12.1. The van der Waals surface area contributed by atoms with Crippen LogP contribution in [0.25, 0.3) is 0 Å². The second-order valence-electron chi connectivity index (χ2n) is 7.99. The van der Waals surface area contributed by atoms with Crippen molar-refractivity contribution in [1.29, 1.82) is 0 Å². The first kappa shape index (κ1) is 17.0. The van der Waals surface area contributed by atoms with Crippen LogP contribution in [-0.2, 0) is 11.3 Å². The molecule has 0 radical (unpaired) electrons. The second-order valence-corrected chi connectivity index (χ2v) is 7.99. The summed E-state index contributed by atoms with van der Waals surface area (Å²) >= 11 is 0. The molecule has 1 N–H and O–H groups in total. The van der Waals surface area contributed by atoms with Gasteiger partial charge in [0.1, 0.15) is 0 Å². The number of amides is 1. The fourth-order valence-electron chi connectivity index (χ4n) is 4.68. The second kappa shape index (κ2) is 7.03. The fraction of sp³-hybridized carbons (Fsp3) is 0.833. The summed E-state index contributed by atoms with van der Waals surface area (Å²) in [5.74, 6) is 2.30. The van der Waals surface area contributed by atoms with Gasteiger partial charge in [0.05, 0.1) is 6.54 Å². The SMILES string of the molecule is CN1CCN(Cc2noc(C3CCCC3)n2)CC12CCNC(=O)CC2. The molecule has 1 spiro atoms. The molecule has 3 aliphatic rings. The molecule has 4 rings (SSSR count). The maximum Gasteiger partial charge on any atom is 0.229 e. The van der Waals surface area contributed by atoms with Crippen LogP contribution in [-0.4, -0.2) is 64.6 Å². The Morgan fingerprint density at radius 1 is 1.28 bits per heavy atom. The molecular formula is C18H29N5O2. The lowest BCUT2D eigenvalue weighted by Crippen LogP contribution is -2.60. The Labute approximate surface area is 149 Å². The Morgan fingerprint density at radius 2 is 2.12 bits per heavy atom. The highest BCUT2D eigenvalue weighted by Crippen LogP contribution is 2.33. The molecule has 1 amide bonds. The highest BCUT2D eigenvalue weighted by atomic mass is 16.5. The number of nitrogens with one attached hydrogen (secondary N) is 1. The van der Waals surface area contributed by atoms with E-state index < -0.39 is 0 Å². The van der Waals surface area contributed by atoms with E-state index in [1.165, 1.54) is 25.7 Å². The summed E-state index contributed by atoms with van der Waals surface area (Å²) in [5.41, 5.74) is 0.0788. The Bertz CT molecular complexity index is 612. The third kappa shape index (κ3) is 3.58. The number of hydrogen-bond acceptors (Lipinski definition) is 6. The third-order valence-electron chi connectivity index (χ3n) is 6.36. The Balaban J connectivity index is 1.41. The maximum atomic E-state index is 11.7. The van der Waals surface area contributed by atoms with E-state index in [1.54, 1.807) is 0 Å². The van der Waals surface area contributed by atoms with E-state index in [1.807, 2.05) is 0 Å². The van der Waals surface area contributed by atoms with Crippen molar-refractivity contribution in [2.45, 2.75) is 62.9 Å². The lowest BCUT2D eigenvalue weighted by molar-refractivity contribution is -0.121. The quantitative estimate of drug-likeness (QED) is 0.893. The highest BCUT2D eigenvalue weighted by molar-refractivity contribution is 5.76. The molecule has 3 heterocycles. The lowest BCUT2D eigenvalue weighted by atomic mass is 9.86. The van der Waals surface area contributed by atoms with Crippen molar-refractivity contribution in [1.82, 2.24) is 25.3 Å². The maximum absolute atomic E-state index is 11.7. The normalized spacial score (nSPS) is 29.9. The summed E-state index contributed by atoms with van der Waals surface area (Å²) in [4.78, 5) is 21.3. The first-order valence-electron chi connectivity index (χ1n) is 9.67. The molecule has 1 aliphatic carbocycles. The van der Waals surface area contributed by atoms with E-state index in [4.69, 9.17) is 4.52 Å². The van der Waals surface area contributed by atoms with Gasteiger partial charge < -0.3 is 9.84 Å². The van der Waals surface area contributed by atoms with Crippen LogP contribution >= 0.6 is 0 Å². The van der Waals surface area contributed by atoms with Gasteiger partial charge in [0, 0.05) is 44.1 Å². The van der Waals surface area contributed by atoms with Crippen LogP contribution in [0.2, 0.25) is 0 Å². The topological polar surface area (TPSA) is 74.5 Å². The van der Waals surface area contributed by atoms with Gasteiger partial charge in [-0.2, -0.15) is 4.98 Å². The molecule has 2 saturated heterocycles. The summed E-state index contributed by atoms with van der Waals surface area (Å²) in [6.07, 6.45) is 7.45. The van der Waals surface area contributed by atoms with Gasteiger partial charge in [0.15, 0.2) is 5.82 Å². The van der Waals surface area contributed by atoms with Crippen molar-refractivity contribution in [3.63, 3.8) is 0 Å². The highest BCUT2D eigenvalue weighted by Gasteiger charge is 2.41. The smallest absolute Gasteiger partial charge is 0.229 e. The van der Waals surface area contributed by atoms with E-state index in [0.29, 0.717) is 12.3 Å². The molecule has 7 nitrogen and oxygen atoms in total. The van der Waals surface area contributed by atoms with Crippen LogP contribution in [0.5, 0.6) is 0 Å². The molecule has 2 aliphatic heterocycles. The molecule has 3 fully saturated rings. The Morgan fingerprint density at radius 3 is 2.96 bits per heavy atom. The summed E-state index contributed by atoms with van der Waals surface area (Å²) in [6.45, 7) is 4.50. The molecule has 0 aromatic carbocycles. The summed E-state index contributed by atoms with van der Waals surface area (Å²) in [7, 11) is 2.19. The summed E-state index contributed by atoms with van der Waals surface area (Å²) in [5, 5.41) is 7.24. The number of aromatic nitrogens is 2. The largest absolute Gasteiger partial charge is 0.356 e. The number of rotatable bonds is 3. The van der Waals surface area contributed by atoms with Gasteiger partial charge in [0.25, 0.3) is 0 Å². The molecular weight excluding hydrogens is 318 g/mol. The van der Waals surface area contributed by atoms with Crippen molar-refractivity contribution < 1.29 is 9.32 Å². The number of hydrogen-bond donors (Lipinski definition) is 1. The van der Waals surface area contributed by atoms with Crippen molar-refractivity contribution in [3.8, 4) is 0 Å². The van der Waals surface area contributed by atoms with Gasteiger partial charge in [-0.3, -0.25) is 14.6 Å². The van der Waals surface area contributed by atoms with E-state index in [-0.39, 0.29) is 11.4 Å². The van der Waals surface area contributed by atoms with Crippen LogP contribution in [0.3, 0.4) is 0 Å². The van der Waals surface area contributed by atoms with E-state index >= 15 is 0 Å². The van der Waals surface area contributed by atoms with Crippen LogP contribution in [0, 0.1) is 0 Å². The predicted molar refractivity (Wildman–Crippen MR) is 93.0 cm³/mol. The Kier molecular flexibility index (Phi) is 4.78. The monoisotopic (exact) mass is 347 g/mol. The van der Waals surface area contributed by atoms with Gasteiger partial charge in [-0.05, 0) is 32.7 Å². The van der Waals surface area contributed by atoms with E-state index in [0.717, 1.165) is 57.3 Å². The van der Waals surface area contributed by atoms with Crippen LogP contribution in [0.4, 0.5) is 0 Å². The number of piperazine rings is 1.